The van der Waals surface area contributed by atoms with Crippen LogP contribution in [-0.2, 0) is 11.3 Å². The van der Waals surface area contributed by atoms with Gasteiger partial charge in [0, 0.05) is 18.5 Å². The Labute approximate surface area is 128 Å². The summed E-state index contributed by atoms with van der Waals surface area (Å²) < 4.78 is 0. The van der Waals surface area contributed by atoms with Crippen LogP contribution in [0.4, 0.5) is 4.79 Å². The number of likely N-dealkylation sites (tertiary alicyclic amines) is 1. The summed E-state index contributed by atoms with van der Waals surface area (Å²) in [5.41, 5.74) is 0.201. The Bertz CT molecular complexity index is 543. The number of hydrogen-bond acceptors (Lipinski definition) is 4. The lowest BCUT2D eigenvalue weighted by molar-refractivity contribution is -0.146. The molecule has 2 N–H and O–H groups in total. The van der Waals surface area contributed by atoms with Crippen molar-refractivity contribution in [1.82, 2.24) is 15.2 Å². The van der Waals surface area contributed by atoms with Gasteiger partial charge in [-0.3, -0.25) is 4.79 Å². The Balaban J connectivity index is 1.86. The number of nitrogens with zero attached hydrogens (tertiary/aromatic N) is 2. The highest BCUT2D eigenvalue weighted by atomic mass is 32.1. The largest absolute Gasteiger partial charge is 0.481 e. The van der Waals surface area contributed by atoms with Gasteiger partial charge in [-0.1, -0.05) is 13.8 Å². The third-order valence-electron chi connectivity index (χ3n) is 3.83. The van der Waals surface area contributed by atoms with Crippen LogP contribution in [0.25, 0.3) is 0 Å². The summed E-state index contributed by atoms with van der Waals surface area (Å²) in [4.78, 5) is 29.3. The van der Waals surface area contributed by atoms with Crippen LogP contribution in [0.5, 0.6) is 0 Å². The van der Waals surface area contributed by atoms with Gasteiger partial charge in [-0.25, -0.2) is 9.78 Å². The number of urea groups is 1. The van der Waals surface area contributed by atoms with E-state index in [9.17, 15) is 9.59 Å². The molecule has 6 nitrogen and oxygen atoms in total. The van der Waals surface area contributed by atoms with Crippen LogP contribution in [-0.4, -0.2) is 40.1 Å². The molecule has 1 aliphatic heterocycles. The molecule has 7 heteroatoms. The second kappa shape index (κ2) is 6.01. The number of aromatic nitrogens is 1. The molecule has 1 fully saturated rings. The summed E-state index contributed by atoms with van der Waals surface area (Å²) in [7, 11) is 0. The summed E-state index contributed by atoms with van der Waals surface area (Å²) in [5, 5.41) is 14.9. The monoisotopic (exact) mass is 311 g/mol. The van der Waals surface area contributed by atoms with Gasteiger partial charge >= 0.3 is 12.0 Å². The van der Waals surface area contributed by atoms with E-state index in [0.717, 1.165) is 10.7 Å². The number of amides is 2. The fourth-order valence-corrected chi connectivity index (χ4v) is 3.14. The lowest BCUT2D eigenvalue weighted by Crippen LogP contribution is -2.40. The molecule has 1 atom stereocenters. The van der Waals surface area contributed by atoms with E-state index in [1.807, 2.05) is 5.38 Å². The van der Waals surface area contributed by atoms with Gasteiger partial charge in [0.15, 0.2) is 0 Å². The van der Waals surface area contributed by atoms with Crippen LogP contribution in [0, 0.1) is 5.41 Å². The molecule has 0 radical (unpaired) electrons. The number of carbonyl (C=O) groups excluding carboxylic acids is 1. The highest BCUT2D eigenvalue weighted by Gasteiger charge is 2.42. The number of hydrogen-bond donors (Lipinski definition) is 2. The third kappa shape index (κ3) is 3.53. The minimum absolute atomic E-state index is 0.221. The smallest absolute Gasteiger partial charge is 0.317 e. The maximum Gasteiger partial charge on any atom is 0.317 e. The Morgan fingerprint density at radius 2 is 2.29 bits per heavy atom. The molecule has 0 spiro atoms. The predicted molar refractivity (Wildman–Crippen MR) is 80.4 cm³/mol. The number of thiazole rings is 1. The molecular formula is C14H21N3O3S. The molecule has 1 aliphatic rings. The van der Waals surface area contributed by atoms with Crippen LogP contribution in [0.15, 0.2) is 5.38 Å². The van der Waals surface area contributed by atoms with E-state index in [1.54, 1.807) is 11.8 Å². The first-order valence-electron chi connectivity index (χ1n) is 7.02. The molecule has 116 valence electrons. The van der Waals surface area contributed by atoms with Gasteiger partial charge in [0.25, 0.3) is 0 Å². The fraction of sp³-hybridized carbons (Fsp3) is 0.643. The van der Waals surface area contributed by atoms with Crippen LogP contribution in [0.1, 0.15) is 43.8 Å². The molecule has 1 aromatic rings. The fourth-order valence-electron chi connectivity index (χ4n) is 2.24. The third-order valence-corrected chi connectivity index (χ3v) is 4.70. The summed E-state index contributed by atoms with van der Waals surface area (Å²) in [6.45, 7) is 6.95. The first-order chi connectivity index (χ1) is 9.82. The van der Waals surface area contributed by atoms with Crippen LogP contribution >= 0.6 is 11.3 Å². The van der Waals surface area contributed by atoms with Gasteiger partial charge in [-0.2, -0.15) is 0 Å². The molecule has 2 heterocycles. The lowest BCUT2D eigenvalue weighted by atomic mass is 9.90. The van der Waals surface area contributed by atoms with E-state index in [2.05, 4.69) is 24.1 Å². The summed E-state index contributed by atoms with van der Waals surface area (Å²) in [6, 6.07) is -0.221. The van der Waals surface area contributed by atoms with E-state index in [4.69, 9.17) is 5.11 Å². The zero-order valence-electron chi connectivity index (χ0n) is 12.5. The Kier molecular flexibility index (Phi) is 4.51. The number of carboxylic acid groups (broad SMARTS) is 1. The topological polar surface area (TPSA) is 82.5 Å². The first-order valence-corrected chi connectivity index (χ1v) is 7.90. The van der Waals surface area contributed by atoms with Crippen LogP contribution < -0.4 is 5.32 Å². The molecule has 2 amide bonds. The first kappa shape index (κ1) is 15.8. The van der Waals surface area contributed by atoms with Crippen LogP contribution in [0.2, 0.25) is 0 Å². The predicted octanol–water partition coefficient (Wildman–Crippen LogP) is 2.27. The highest BCUT2D eigenvalue weighted by molar-refractivity contribution is 7.09. The number of rotatable bonds is 4. The van der Waals surface area contributed by atoms with Crippen LogP contribution in [0.3, 0.4) is 0 Å². The minimum Gasteiger partial charge on any atom is -0.481 e. The number of aliphatic carboxylic acids is 1. The highest BCUT2D eigenvalue weighted by Crippen LogP contribution is 2.30. The van der Waals surface area contributed by atoms with Crippen molar-refractivity contribution in [2.45, 2.75) is 39.7 Å². The number of carbonyl (C=O) groups is 2. The van der Waals surface area contributed by atoms with Crippen molar-refractivity contribution in [3.63, 3.8) is 0 Å². The molecule has 0 saturated carbocycles. The normalized spacial score (nSPS) is 21.8. The second-order valence-electron chi connectivity index (χ2n) is 6.02. The van der Waals surface area contributed by atoms with E-state index >= 15 is 0 Å². The van der Waals surface area contributed by atoms with Crippen molar-refractivity contribution in [3.05, 3.63) is 16.1 Å². The van der Waals surface area contributed by atoms with Crippen molar-refractivity contribution in [2.24, 2.45) is 5.41 Å². The average molecular weight is 311 g/mol. The van der Waals surface area contributed by atoms with Gasteiger partial charge in [-0.15, -0.1) is 11.3 Å². The minimum atomic E-state index is -0.848. The SMILES string of the molecule is CC(C)c1csc(CNC(=O)N2CCC(C)(C(=O)O)C2)n1. The maximum absolute atomic E-state index is 12.1. The van der Waals surface area contributed by atoms with Crippen molar-refractivity contribution >= 4 is 23.3 Å². The van der Waals surface area contributed by atoms with Crippen molar-refractivity contribution in [3.8, 4) is 0 Å². The van der Waals surface area contributed by atoms with Crippen molar-refractivity contribution in [2.75, 3.05) is 13.1 Å². The molecule has 0 aliphatic carbocycles. The van der Waals surface area contributed by atoms with Gasteiger partial charge in [0.2, 0.25) is 0 Å². The molecule has 1 aromatic heterocycles. The van der Waals surface area contributed by atoms with E-state index < -0.39 is 11.4 Å². The summed E-state index contributed by atoms with van der Waals surface area (Å²) in [6.07, 6.45) is 0.491. The number of carboxylic acids is 1. The lowest BCUT2D eigenvalue weighted by Gasteiger charge is -2.20. The average Bonchev–Trinajstić information content (AvgIpc) is 3.03. The Morgan fingerprint density at radius 1 is 1.57 bits per heavy atom. The molecule has 0 aromatic carbocycles. The van der Waals surface area contributed by atoms with Gasteiger partial charge in [0.1, 0.15) is 5.01 Å². The summed E-state index contributed by atoms with van der Waals surface area (Å²) in [5.74, 6) is -0.472. The van der Waals surface area contributed by atoms with E-state index in [-0.39, 0.29) is 12.6 Å². The molecule has 1 saturated heterocycles. The van der Waals surface area contributed by atoms with Crippen molar-refractivity contribution in [1.29, 1.82) is 0 Å². The second-order valence-corrected chi connectivity index (χ2v) is 6.96. The van der Waals surface area contributed by atoms with Gasteiger partial charge in [0.05, 0.1) is 17.7 Å². The van der Waals surface area contributed by atoms with E-state index in [0.29, 0.717) is 25.4 Å². The molecule has 21 heavy (non-hydrogen) atoms. The maximum atomic E-state index is 12.1. The summed E-state index contributed by atoms with van der Waals surface area (Å²) >= 11 is 1.53. The molecule has 2 rings (SSSR count). The van der Waals surface area contributed by atoms with Gasteiger partial charge < -0.3 is 15.3 Å². The Hall–Kier alpha value is -1.63. The zero-order chi connectivity index (χ0) is 15.6. The zero-order valence-corrected chi connectivity index (χ0v) is 13.4. The molecule has 0 bridgehead atoms. The van der Waals surface area contributed by atoms with Gasteiger partial charge in [-0.05, 0) is 19.3 Å². The molecular weight excluding hydrogens is 290 g/mol. The Morgan fingerprint density at radius 3 is 2.81 bits per heavy atom. The quantitative estimate of drug-likeness (QED) is 0.893. The molecule has 1 unspecified atom stereocenters. The standard InChI is InChI=1S/C14H21N3O3S/c1-9(2)10-7-21-11(16-10)6-15-13(20)17-5-4-14(3,8-17)12(18)19/h7,9H,4-6,8H2,1-3H3,(H,15,20)(H,18,19). The van der Waals surface area contributed by atoms with Crippen molar-refractivity contribution < 1.29 is 14.7 Å². The van der Waals surface area contributed by atoms with E-state index in [1.165, 1.54) is 11.3 Å². The number of nitrogens with one attached hydrogen (secondary N) is 1.